The molecule has 1 atom stereocenters. The molecule has 3 aromatic rings. The molecule has 9 nitrogen and oxygen atoms in total. The number of ether oxygens (including phenoxy) is 1. The van der Waals surface area contributed by atoms with Gasteiger partial charge in [-0.3, -0.25) is 4.79 Å². The second kappa shape index (κ2) is 9.15. The van der Waals surface area contributed by atoms with Crippen molar-refractivity contribution in [1.29, 1.82) is 0 Å². The van der Waals surface area contributed by atoms with Crippen LogP contribution in [0.3, 0.4) is 0 Å². The first-order valence-electron chi connectivity index (χ1n) is 9.82. The minimum atomic E-state index is -1.16. The van der Waals surface area contributed by atoms with Gasteiger partial charge in [0.15, 0.2) is 6.04 Å². The van der Waals surface area contributed by atoms with Crippen LogP contribution < -0.4 is 5.32 Å². The number of methoxy groups -OCH3 is 1. The number of amides is 1. The number of hydrogen-bond donors (Lipinski definition) is 2. The molecule has 0 spiro atoms. The van der Waals surface area contributed by atoms with E-state index in [1.807, 2.05) is 30.3 Å². The molecule has 0 saturated heterocycles. The van der Waals surface area contributed by atoms with E-state index in [4.69, 9.17) is 9.84 Å². The molecule has 0 aliphatic carbocycles. The Morgan fingerprint density at radius 2 is 2.00 bits per heavy atom. The third-order valence-electron chi connectivity index (χ3n) is 5.17. The molecule has 0 unspecified atom stereocenters. The number of esters is 1. The fourth-order valence-corrected chi connectivity index (χ4v) is 4.85. The van der Waals surface area contributed by atoms with E-state index in [-0.39, 0.29) is 5.91 Å². The zero-order chi connectivity index (χ0) is 22.7. The van der Waals surface area contributed by atoms with E-state index in [0.717, 1.165) is 38.4 Å². The van der Waals surface area contributed by atoms with Gasteiger partial charge in [0.1, 0.15) is 17.0 Å². The summed E-state index contributed by atoms with van der Waals surface area (Å²) in [6.45, 7) is 0.798. The summed E-state index contributed by atoms with van der Waals surface area (Å²) in [6, 6.07) is 8.50. The first kappa shape index (κ1) is 21.4. The zero-order valence-corrected chi connectivity index (χ0v) is 18.0. The van der Waals surface area contributed by atoms with E-state index in [1.165, 1.54) is 24.8 Å². The molecule has 1 amide bonds. The van der Waals surface area contributed by atoms with E-state index < -0.39 is 18.0 Å². The Bertz CT molecular complexity index is 1210. The van der Waals surface area contributed by atoms with Gasteiger partial charge in [0.2, 0.25) is 5.91 Å². The predicted molar refractivity (Wildman–Crippen MR) is 118 cm³/mol. The molecule has 164 valence electrons. The monoisotopic (exact) mass is 452 g/mol. The lowest BCUT2D eigenvalue weighted by Crippen LogP contribution is -2.34. The van der Waals surface area contributed by atoms with Gasteiger partial charge < -0.3 is 20.1 Å². The van der Waals surface area contributed by atoms with Crippen LogP contribution in [0.1, 0.15) is 22.0 Å². The fourth-order valence-electron chi connectivity index (χ4n) is 3.65. The molecule has 2 aromatic heterocycles. The van der Waals surface area contributed by atoms with Crippen molar-refractivity contribution >= 4 is 45.2 Å². The number of aliphatic carboxylic acids is 1. The molecule has 0 saturated carbocycles. The molecular weight excluding hydrogens is 432 g/mol. The van der Waals surface area contributed by atoms with Crippen LogP contribution in [0.2, 0.25) is 0 Å². The summed E-state index contributed by atoms with van der Waals surface area (Å²) in [6.07, 6.45) is 3.91. The lowest BCUT2D eigenvalue weighted by atomic mass is 10.0. The van der Waals surface area contributed by atoms with Crippen molar-refractivity contribution < 1.29 is 24.2 Å². The van der Waals surface area contributed by atoms with Crippen LogP contribution in [0.25, 0.3) is 10.2 Å². The molecule has 1 aromatic carbocycles. The lowest BCUT2D eigenvalue weighted by molar-refractivity contribution is -0.141. The maximum absolute atomic E-state index is 12.5. The fraction of sp³-hybridized carbons (Fsp3) is 0.227. The number of nitrogens with zero attached hydrogens (tertiary/aromatic N) is 3. The van der Waals surface area contributed by atoms with E-state index in [2.05, 4.69) is 15.3 Å². The number of thiophene rings is 1. The van der Waals surface area contributed by atoms with Gasteiger partial charge in [-0.05, 0) is 17.5 Å². The van der Waals surface area contributed by atoms with Crippen LogP contribution in [-0.4, -0.2) is 51.5 Å². The molecule has 1 aliphatic rings. The number of nitrogens with one attached hydrogen (secondary N) is 1. The van der Waals surface area contributed by atoms with Crippen LogP contribution in [0.4, 0.5) is 5.82 Å². The summed E-state index contributed by atoms with van der Waals surface area (Å²) in [7, 11) is 1.34. The molecule has 10 heteroatoms. The van der Waals surface area contributed by atoms with Gasteiger partial charge >= 0.3 is 11.9 Å². The molecule has 1 aliphatic heterocycles. The van der Waals surface area contributed by atoms with Crippen molar-refractivity contribution in [1.82, 2.24) is 14.9 Å². The topological polar surface area (TPSA) is 122 Å². The average Bonchev–Trinajstić information content (AvgIpc) is 3.19. The molecule has 0 fully saturated rings. The average molecular weight is 452 g/mol. The number of benzene rings is 1. The number of carbonyl (C=O) groups is 3. The van der Waals surface area contributed by atoms with E-state index in [9.17, 15) is 14.4 Å². The lowest BCUT2D eigenvalue weighted by Gasteiger charge is -2.26. The zero-order valence-electron chi connectivity index (χ0n) is 17.1. The molecular formula is C22H20N4O5S. The highest BCUT2D eigenvalue weighted by Gasteiger charge is 2.28. The first-order chi connectivity index (χ1) is 15.5. The van der Waals surface area contributed by atoms with Crippen LogP contribution >= 0.6 is 11.3 Å². The Morgan fingerprint density at radius 1 is 1.22 bits per heavy atom. The molecule has 3 heterocycles. The Kier molecular flexibility index (Phi) is 6.13. The van der Waals surface area contributed by atoms with Crippen LogP contribution in [0, 0.1) is 0 Å². The van der Waals surface area contributed by atoms with Crippen molar-refractivity contribution in [3.05, 3.63) is 64.8 Å². The molecule has 0 radical (unpaired) electrons. The van der Waals surface area contributed by atoms with Gasteiger partial charge in [0.25, 0.3) is 0 Å². The summed E-state index contributed by atoms with van der Waals surface area (Å²) in [5, 5.41) is 12.8. The second-order valence-electron chi connectivity index (χ2n) is 7.10. The van der Waals surface area contributed by atoms with E-state index in [0.29, 0.717) is 25.3 Å². The quantitative estimate of drug-likeness (QED) is 0.432. The number of anilines is 1. The van der Waals surface area contributed by atoms with Crippen molar-refractivity contribution in [2.24, 2.45) is 0 Å². The van der Waals surface area contributed by atoms with Crippen molar-refractivity contribution in [2.75, 3.05) is 19.0 Å². The third-order valence-corrected chi connectivity index (χ3v) is 6.29. The van der Waals surface area contributed by atoms with Gasteiger partial charge in [-0.25, -0.2) is 19.6 Å². The third kappa shape index (κ3) is 4.30. The number of carboxylic acids is 1. The highest BCUT2D eigenvalue weighted by atomic mass is 32.1. The molecule has 2 N–H and O–H groups in total. The maximum Gasteiger partial charge on any atom is 0.333 e. The van der Waals surface area contributed by atoms with Crippen molar-refractivity contribution in [2.45, 2.75) is 19.0 Å². The van der Waals surface area contributed by atoms with Crippen molar-refractivity contribution in [3.8, 4) is 0 Å². The minimum absolute atomic E-state index is 0.352. The van der Waals surface area contributed by atoms with Gasteiger partial charge in [-0.1, -0.05) is 30.3 Å². The summed E-state index contributed by atoms with van der Waals surface area (Å²) in [4.78, 5) is 47.5. The Morgan fingerprint density at radius 3 is 2.72 bits per heavy atom. The Labute approximate surface area is 187 Å². The summed E-state index contributed by atoms with van der Waals surface area (Å²) in [5.41, 5.74) is 1.77. The second-order valence-corrected chi connectivity index (χ2v) is 8.18. The SMILES string of the molecule is COC(=O)[C@@H](Nc1ncnc2sc3c(c12)CCN(C(=O)C=CC(=O)O)C3)c1ccccc1. The van der Waals surface area contributed by atoms with Crippen molar-refractivity contribution in [3.63, 3.8) is 0 Å². The highest BCUT2D eigenvalue weighted by molar-refractivity contribution is 7.19. The summed E-state index contributed by atoms with van der Waals surface area (Å²) < 4.78 is 4.99. The number of rotatable bonds is 6. The summed E-state index contributed by atoms with van der Waals surface area (Å²) in [5.74, 6) is -1.43. The predicted octanol–water partition coefficient (Wildman–Crippen LogP) is 2.54. The highest BCUT2D eigenvalue weighted by Crippen LogP contribution is 2.38. The molecule has 0 bridgehead atoms. The number of hydrogen-bond acceptors (Lipinski definition) is 8. The van der Waals surface area contributed by atoms with Gasteiger partial charge in [-0.15, -0.1) is 11.3 Å². The molecule has 32 heavy (non-hydrogen) atoms. The minimum Gasteiger partial charge on any atom is -0.478 e. The number of carboxylic acid groups (broad SMARTS) is 1. The van der Waals surface area contributed by atoms with Crippen LogP contribution in [0.5, 0.6) is 0 Å². The standard InChI is InChI=1S/C22H20N4O5S/c1-31-22(30)19(13-5-3-2-4-6-13)25-20-18-14-9-10-26(16(27)7-8-17(28)29)11-15(14)32-21(18)24-12-23-20/h2-8,12,19H,9-11H2,1H3,(H,28,29)(H,23,24,25)/t19-/m0/s1. The molecule has 4 rings (SSSR count). The van der Waals surface area contributed by atoms with Crippen LogP contribution in [-0.2, 0) is 32.1 Å². The van der Waals surface area contributed by atoms with Gasteiger partial charge in [-0.2, -0.15) is 0 Å². The smallest absolute Gasteiger partial charge is 0.333 e. The first-order valence-corrected chi connectivity index (χ1v) is 10.6. The largest absolute Gasteiger partial charge is 0.478 e. The van der Waals surface area contributed by atoms with Gasteiger partial charge in [0.05, 0.1) is 19.0 Å². The Balaban J connectivity index is 1.66. The van der Waals surface area contributed by atoms with E-state index >= 15 is 0 Å². The normalized spacial score (nSPS) is 14.2. The Hall–Kier alpha value is -3.79. The summed E-state index contributed by atoms with van der Waals surface area (Å²) >= 11 is 1.45. The number of aromatic nitrogens is 2. The van der Waals surface area contributed by atoms with Crippen LogP contribution in [0.15, 0.2) is 48.8 Å². The van der Waals surface area contributed by atoms with E-state index in [1.54, 1.807) is 4.90 Å². The number of fused-ring (bicyclic) bond motifs is 3. The maximum atomic E-state index is 12.5. The van der Waals surface area contributed by atoms with Gasteiger partial charge in [0, 0.05) is 23.6 Å². The number of carbonyl (C=O) groups excluding carboxylic acids is 2.